The van der Waals surface area contributed by atoms with Crippen LogP contribution in [0.25, 0.3) is 21.9 Å². The Bertz CT molecular complexity index is 1330. The number of hydrogen-bond donors (Lipinski definition) is 3. The monoisotopic (exact) mass is 448 g/mol. The summed E-state index contributed by atoms with van der Waals surface area (Å²) in [4.78, 5) is 25.3. The molecule has 0 radical (unpaired) electrons. The van der Waals surface area contributed by atoms with Crippen LogP contribution < -0.4 is 16.0 Å². The Morgan fingerprint density at radius 3 is 2.21 bits per heavy atom. The Balaban J connectivity index is 1.45. The van der Waals surface area contributed by atoms with Crippen molar-refractivity contribution in [1.82, 2.24) is 10.6 Å². The lowest BCUT2D eigenvalue weighted by molar-refractivity contribution is -0.122. The number of nitrogens with one attached hydrogen (secondary N) is 3. The van der Waals surface area contributed by atoms with Gasteiger partial charge in [-0.3, -0.25) is 4.79 Å². The fraction of sp³-hybridized carbons (Fsp3) is 0.107. The van der Waals surface area contributed by atoms with Gasteiger partial charge in [0.05, 0.1) is 6.07 Å². The van der Waals surface area contributed by atoms with Crippen LogP contribution in [0.15, 0.2) is 97.1 Å². The van der Waals surface area contributed by atoms with E-state index in [0.29, 0.717) is 12.1 Å². The summed E-state index contributed by atoms with van der Waals surface area (Å²) in [5.74, 6) is -0.413. The van der Waals surface area contributed by atoms with Crippen LogP contribution in [0.1, 0.15) is 5.56 Å². The van der Waals surface area contributed by atoms with E-state index in [1.807, 2.05) is 103 Å². The summed E-state index contributed by atoms with van der Waals surface area (Å²) in [6, 6.07) is 31.9. The number of fused-ring (bicyclic) bond motifs is 1. The molecule has 168 valence electrons. The third-order valence-corrected chi connectivity index (χ3v) is 5.47. The van der Waals surface area contributed by atoms with Crippen molar-refractivity contribution in [3.05, 3.63) is 103 Å². The number of carbonyl (C=O) groups excluding carboxylic acids is 2. The van der Waals surface area contributed by atoms with Crippen molar-refractivity contribution in [2.24, 2.45) is 0 Å². The molecule has 1 atom stereocenters. The molecule has 4 aromatic rings. The lowest BCUT2D eigenvalue weighted by Crippen LogP contribution is -2.49. The lowest BCUT2D eigenvalue weighted by Gasteiger charge is -2.19. The van der Waals surface area contributed by atoms with Crippen molar-refractivity contribution in [3.8, 4) is 17.2 Å². The minimum atomic E-state index is -0.835. The summed E-state index contributed by atoms with van der Waals surface area (Å²) in [5.41, 5.74) is 3.64. The molecule has 0 aliphatic heterocycles. The quantitative estimate of drug-likeness (QED) is 0.352. The van der Waals surface area contributed by atoms with E-state index < -0.39 is 18.0 Å². The number of rotatable bonds is 7. The Morgan fingerprint density at radius 1 is 0.794 bits per heavy atom. The topological polar surface area (TPSA) is 94.0 Å². The van der Waals surface area contributed by atoms with E-state index in [1.54, 1.807) is 0 Å². The van der Waals surface area contributed by atoms with Crippen molar-refractivity contribution in [2.75, 3.05) is 11.9 Å². The molecule has 0 saturated heterocycles. The average molecular weight is 449 g/mol. The van der Waals surface area contributed by atoms with Gasteiger partial charge in [0.2, 0.25) is 5.91 Å². The maximum absolute atomic E-state index is 12.7. The highest BCUT2D eigenvalue weighted by molar-refractivity contribution is 5.94. The van der Waals surface area contributed by atoms with E-state index in [-0.39, 0.29) is 6.54 Å². The summed E-state index contributed by atoms with van der Waals surface area (Å²) in [6.45, 7) is -0.128. The zero-order valence-electron chi connectivity index (χ0n) is 18.5. The minimum absolute atomic E-state index is 0.128. The molecule has 6 heteroatoms. The molecule has 0 aromatic heterocycles. The lowest BCUT2D eigenvalue weighted by atomic mass is 10.0. The second-order valence-electron chi connectivity index (χ2n) is 7.86. The van der Waals surface area contributed by atoms with Gasteiger partial charge < -0.3 is 16.0 Å². The van der Waals surface area contributed by atoms with Crippen LogP contribution in [0.3, 0.4) is 0 Å². The van der Waals surface area contributed by atoms with Gasteiger partial charge in [0.1, 0.15) is 12.6 Å². The molecule has 0 aliphatic carbocycles. The first-order valence-electron chi connectivity index (χ1n) is 11.0. The summed E-state index contributed by atoms with van der Waals surface area (Å²) in [7, 11) is 0. The average Bonchev–Trinajstić information content (AvgIpc) is 2.87. The SMILES string of the molecule is N#CCNC(=O)C(Cc1ccc2ccccc2c1)NC(=O)Nc1ccc(-c2ccccc2)cc1. The van der Waals surface area contributed by atoms with Gasteiger partial charge in [-0.15, -0.1) is 0 Å². The maximum atomic E-state index is 12.7. The van der Waals surface area contributed by atoms with Crippen molar-refractivity contribution >= 4 is 28.4 Å². The van der Waals surface area contributed by atoms with E-state index in [4.69, 9.17) is 5.26 Å². The van der Waals surface area contributed by atoms with E-state index in [2.05, 4.69) is 16.0 Å². The summed E-state index contributed by atoms with van der Waals surface area (Å²) in [5, 5.41) is 19.0. The zero-order valence-corrected chi connectivity index (χ0v) is 18.5. The number of nitrogens with zero attached hydrogens (tertiary/aromatic N) is 1. The Hall–Kier alpha value is -4.63. The van der Waals surface area contributed by atoms with Gasteiger partial charge in [-0.1, -0.05) is 84.9 Å². The van der Waals surface area contributed by atoms with Gasteiger partial charge in [0.25, 0.3) is 0 Å². The Kier molecular flexibility index (Phi) is 7.16. The molecule has 6 nitrogen and oxygen atoms in total. The van der Waals surface area contributed by atoms with Crippen LogP contribution >= 0.6 is 0 Å². The zero-order chi connectivity index (χ0) is 23.8. The molecule has 4 rings (SSSR count). The number of anilines is 1. The molecule has 34 heavy (non-hydrogen) atoms. The smallest absolute Gasteiger partial charge is 0.319 e. The first kappa shape index (κ1) is 22.6. The van der Waals surface area contributed by atoms with Crippen LogP contribution in [-0.4, -0.2) is 24.5 Å². The molecule has 0 aliphatic rings. The normalized spacial score (nSPS) is 11.3. The third kappa shape index (κ3) is 5.78. The second kappa shape index (κ2) is 10.8. The first-order valence-corrected chi connectivity index (χ1v) is 11.0. The third-order valence-electron chi connectivity index (χ3n) is 5.47. The van der Waals surface area contributed by atoms with Crippen LogP contribution in [0.5, 0.6) is 0 Å². The molecule has 0 saturated carbocycles. The van der Waals surface area contributed by atoms with Crippen LogP contribution in [0.4, 0.5) is 10.5 Å². The van der Waals surface area contributed by atoms with Gasteiger partial charge in [-0.2, -0.15) is 5.26 Å². The summed E-state index contributed by atoms with van der Waals surface area (Å²) >= 11 is 0. The van der Waals surface area contributed by atoms with Crippen LogP contribution in [0, 0.1) is 11.3 Å². The van der Waals surface area contributed by atoms with E-state index in [1.165, 1.54) is 0 Å². The Morgan fingerprint density at radius 2 is 1.47 bits per heavy atom. The minimum Gasteiger partial charge on any atom is -0.341 e. The highest BCUT2D eigenvalue weighted by Crippen LogP contribution is 2.21. The molecule has 4 aromatic carbocycles. The fourth-order valence-corrected chi connectivity index (χ4v) is 3.76. The summed E-state index contributed by atoms with van der Waals surface area (Å²) < 4.78 is 0. The van der Waals surface area contributed by atoms with Gasteiger partial charge >= 0.3 is 6.03 Å². The predicted octanol–water partition coefficient (Wildman–Crippen LogP) is 4.88. The molecule has 0 heterocycles. The number of urea groups is 1. The molecule has 3 N–H and O–H groups in total. The van der Waals surface area contributed by atoms with Crippen LogP contribution in [0.2, 0.25) is 0 Å². The largest absolute Gasteiger partial charge is 0.341 e. The van der Waals surface area contributed by atoms with E-state index >= 15 is 0 Å². The van der Waals surface area contributed by atoms with Gasteiger partial charge in [-0.05, 0) is 39.6 Å². The van der Waals surface area contributed by atoms with Gasteiger partial charge in [-0.25, -0.2) is 4.79 Å². The highest BCUT2D eigenvalue weighted by Gasteiger charge is 2.21. The first-order chi connectivity index (χ1) is 16.6. The molecule has 3 amide bonds. The fourth-order valence-electron chi connectivity index (χ4n) is 3.76. The molecule has 1 unspecified atom stereocenters. The standard InChI is InChI=1S/C28H24N4O2/c29-16-17-30-27(33)26(19-20-10-11-22-8-4-5-9-24(22)18-20)32-28(34)31-25-14-12-23(13-15-25)21-6-2-1-3-7-21/h1-15,18,26H,17,19H2,(H,30,33)(H2,31,32,34). The maximum Gasteiger partial charge on any atom is 0.319 e. The summed E-state index contributed by atoms with van der Waals surface area (Å²) in [6.07, 6.45) is 0.294. The molecular formula is C28H24N4O2. The molecule has 0 spiro atoms. The van der Waals surface area contributed by atoms with Crippen molar-refractivity contribution < 1.29 is 9.59 Å². The van der Waals surface area contributed by atoms with E-state index in [0.717, 1.165) is 27.5 Å². The van der Waals surface area contributed by atoms with Gasteiger partial charge in [0.15, 0.2) is 0 Å². The van der Waals surface area contributed by atoms with Crippen molar-refractivity contribution in [3.63, 3.8) is 0 Å². The van der Waals surface area contributed by atoms with Crippen molar-refractivity contribution in [2.45, 2.75) is 12.5 Å². The van der Waals surface area contributed by atoms with Crippen LogP contribution in [-0.2, 0) is 11.2 Å². The van der Waals surface area contributed by atoms with Crippen molar-refractivity contribution in [1.29, 1.82) is 5.26 Å². The van der Waals surface area contributed by atoms with Gasteiger partial charge in [0, 0.05) is 12.1 Å². The second-order valence-corrected chi connectivity index (χ2v) is 7.86. The molecular weight excluding hydrogens is 424 g/mol. The number of benzene rings is 4. The number of nitriles is 1. The molecule has 0 fully saturated rings. The number of carbonyl (C=O) groups is 2. The molecule has 0 bridgehead atoms. The highest BCUT2D eigenvalue weighted by atomic mass is 16.2. The number of hydrogen-bond acceptors (Lipinski definition) is 3. The predicted molar refractivity (Wildman–Crippen MR) is 134 cm³/mol. The van der Waals surface area contributed by atoms with E-state index in [9.17, 15) is 9.59 Å². The number of amides is 3. The Labute approximate surface area is 198 Å².